The van der Waals surface area contributed by atoms with Crippen LogP contribution >= 0.6 is 0 Å². The fourth-order valence-electron chi connectivity index (χ4n) is 2.15. The Morgan fingerprint density at radius 2 is 0.947 bits per heavy atom. The fourth-order valence-corrected chi connectivity index (χ4v) is 2.15. The van der Waals surface area contributed by atoms with Crippen LogP contribution in [0.15, 0.2) is 12.1 Å². The van der Waals surface area contributed by atoms with Crippen LogP contribution < -0.4 is 0 Å². The van der Waals surface area contributed by atoms with Crippen LogP contribution in [0.25, 0.3) is 0 Å². The maximum Gasteiger partial charge on any atom is 0.130 e. The molecule has 1 rings (SSSR count). The molecule has 19 heavy (non-hydrogen) atoms. The molecule has 0 fully saturated rings. The Morgan fingerprint density at radius 3 is 1.16 bits per heavy atom. The smallest absolute Gasteiger partial charge is 0.130 e. The minimum Gasteiger partial charge on any atom is -0.206 e. The molecule has 0 saturated carbocycles. The summed E-state index contributed by atoms with van der Waals surface area (Å²) in [7, 11) is 0. The number of rotatable bonds is 0. The maximum absolute atomic E-state index is 14.8. The standard InChI is InChI=1S/C18H29F/c1-16(2,3)12-10-13(17(4,5)6)15(19)14(11-12)18(7,8)9/h10-11H,1-9H3. The normalized spacial score (nSPS) is 13.8. The molecule has 0 unspecified atom stereocenters. The van der Waals surface area contributed by atoms with E-state index >= 15 is 0 Å². The van der Waals surface area contributed by atoms with Crippen LogP contribution in [0.2, 0.25) is 0 Å². The van der Waals surface area contributed by atoms with E-state index in [9.17, 15) is 4.39 Å². The van der Waals surface area contributed by atoms with Crippen molar-refractivity contribution in [3.63, 3.8) is 0 Å². The first-order chi connectivity index (χ1) is 8.24. The van der Waals surface area contributed by atoms with Crippen LogP contribution in [0.1, 0.15) is 79.0 Å². The van der Waals surface area contributed by atoms with Gasteiger partial charge in [0.25, 0.3) is 0 Å². The average Bonchev–Trinajstić information content (AvgIpc) is 2.11. The molecule has 0 bridgehead atoms. The van der Waals surface area contributed by atoms with E-state index in [1.807, 2.05) is 12.1 Å². The van der Waals surface area contributed by atoms with Gasteiger partial charge in [0.1, 0.15) is 5.82 Å². The molecule has 1 aromatic carbocycles. The molecule has 0 aliphatic rings. The molecule has 0 nitrogen and oxygen atoms in total. The molecule has 0 aliphatic carbocycles. The summed E-state index contributed by atoms with van der Waals surface area (Å²) in [5.74, 6) is -0.0343. The van der Waals surface area contributed by atoms with E-state index in [0.29, 0.717) is 0 Å². The summed E-state index contributed by atoms with van der Waals surface area (Å²) in [6.07, 6.45) is 0. The van der Waals surface area contributed by atoms with E-state index in [2.05, 4.69) is 62.3 Å². The Morgan fingerprint density at radius 1 is 0.632 bits per heavy atom. The number of benzene rings is 1. The van der Waals surface area contributed by atoms with Crippen LogP contribution in [-0.4, -0.2) is 0 Å². The van der Waals surface area contributed by atoms with Crippen molar-refractivity contribution in [3.05, 3.63) is 34.6 Å². The molecular formula is C18H29F. The third kappa shape index (κ3) is 3.58. The highest BCUT2D eigenvalue weighted by atomic mass is 19.1. The zero-order chi connectivity index (χ0) is 15.2. The quantitative estimate of drug-likeness (QED) is 0.562. The maximum atomic E-state index is 14.8. The van der Waals surface area contributed by atoms with Gasteiger partial charge >= 0.3 is 0 Å². The van der Waals surface area contributed by atoms with Crippen LogP contribution in [0, 0.1) is 5.82 Å². The largest absolute Gasteiger partial charge is 0.206 e. The van der Waals surface area contributed by atoms with Crippen molar-refractivity contribution >= 4 is 0 Å². The zero-order valence-corrected chi connectivity index (χ0v) is 14.0. The number of hydrogen-bond donors (Lipinski definition) is 0. The van der Waals surface area contributed by atoms with Crippen molar-refractivity contribution in [1.29, 1.82) is 0 Å². The van der Waals surface area contributed by atoms with Crippen molar-refractivity contribution < 1.29 is 4.39 Å². The highest BCUT2D eigenvalue weighted by Crippen LogP contribution is 2.36. The Hall–Kier alpha value is -0.850. The van der Waals surface area contributed by atoms with Gasteiger partial charge < -0.3 is 0 Å². The molecule has 0 atom stereocenters. The lowest BCUT2D eigenvalue weighted by Gasteiger charge is -2.30. The molecule has 108 valence electrons. The second-order valence-electron chi connectivity index (χ2n) is 8.64. The third-order valence-electron chi connectivity index (χ3n) is 3.55. The van der Waals surface area contributed by atoms with Crippen molar-refractivity contribution in [2.75, 3.05) is 0 Å². The molecular weight excluding hydrogens is 235 g/mol. The summed E-state index contributed by atoms with van der Waals surface area (Å²) in [6.45, 7) is 19.0. The lowest BCUT2D eigenvalue weighted by Crippen LogP contribution is -2.23. The molecule has 0 heterocycles. The van der Waals surface area contributed by atoms with Gasteiger partial charge in [-0.05, 0) is 32.9 Å². The minimum atomic E-state index is -0.175. The van der Waals surface area contributed by atoms with Gasteiger partial charge in [0.05, 0.1) is 0 Å². The van der Waals surface area contributed by atoms with Gasteiger partial charge in [-0.15, -0.1) is 0 Å². The topological polar surface area (TPSA) is 0 Å². The first-order valence-corrected chi connectivity index (χ1v) is 7.09. The summed E-state index contributed by atoms with van der Waals surface area (Å²) in [5, 5.41) is 0. The molecule has 0 saturated heterocycles. The van der Waals surface area contributed by atoms with Crippen LogP contribution in [0.3, 0.4) is 0 Å². The Balaban J connectivity index is 3.68. The van der Waals surface area contributed by atoms with E-state index in [1.54, 1.807) is 0 Å². The van der Waals surface area contributed by atoms with Gasteiger partial charge in [0, 0.05) is 0 Å². The first-order valence-electron chi connectivity index (χ1n) is 7.09. The molecule has 0 N–H and O–H groups in total. The molecule has 1 aromatic rings. The summed E-state index contributed by atoms with van der Waals surface area (Å²) in [6, 6.07) is 4.09. The lowest BCUT2D eigenvalue weighted by molar-refractivity contribution is 0.474. The highest BCUT2D eigenvalue weighted by Gasteiger charge is 2.29. The Kier molecular flexibility index (Phi) is 3.93. The number of halogens is 1. The van der Waals surface area contributed by atoms with E-state index in [-0.39, 0.29) is 22.1 Å². The zero-order valence-electron chi connectivity index (χ0n) is 14.0. The molecule has 0 aromatic heterocycles. The highest BCUT2D eigenvalue weighted by molar-refractivity contribution is 5.41. The van der Waals surface area contributed by atoms with Crippen LogP contribution in [0.5, 0.6) is 0 Å². The summed E-state index contributed by atoms with van der Waals surface area (Å²) >= 11 is 0. The fraction of sp³-hybridized carbons (Fsp3) is 0.667. The summed E-state index contributed by atoms with van der Waals surface area (Å²) in [5.41, 5.74) is 2.54. The Bertz CT molecular complexity index is 427. The summed E-state index contributed by atoms with van der Waals surface area (Å²) < 4.78 is 14.8. The van der Waals surface area contributed by atoms with E-state index in [1.165, 1.54) is 5.56 Å². The molecule has 0 amide bonds. The Labute approximate surface area is 118 Å². The van der Waals surface area contributed by atoms with Gasteiger partial charge in [-0.3, -0.25) is 0 Å². The van der Waals surface area contributed by atoms with Gasteiger partial charge in [0.15, 0.2) is 0 Å². The second kappa shape index (κ2) is 4.61. The molecule has 0 spiro atoms. The van der Waals surface area contributed by atoms with Crippen LogP contribution in [0.4, 0.5) is 4.39 Å². The number of hydrogen-bond acceptors (Lipinski definition) is 0. The molecule has 0 radical (unpaired) electrons. The first kappa shape index (κ1) is 16.2. The molecule has 1 heteroatoms. The van der Waals surface area contributed by atoms with Crippen molar-refractivity contribution in [3.8, 4) is 0 Å². The van der Waals surface area contributed by atoms with Crippen molar-refractivity contribution in [1.82, 2.24) is 0 Å². The van der Waals surface area contributed by atoms with E-state index in [0.717, 1.165) is 11.1 Å². The van der Waals surface area contributed by atoms with Gasteiger partial charge in [-0.1, -0.05) is 74.4 Å². The van der Waals surface area contributed by atoms with E-state index < -0.39 is 0 Å². The van der Waals surface area contributed by atoms with Gasteiger partial charge in [0.2, 0.25) is 0 Å². The monoisotopic (exact) mass is 264 g/mol. The van der Waals surface area contributed by atoms with Crippen LogP contribution in [-0.2, 0) is 16.2 Å². The predicted octanol–water partition coefficient (Wildman–Crippen LogP) is 5.72. The second-order valence-corrected chi connectivity index (χ2v) is 8.64. The predicted molar refractivity (Wildman–Crippen MR) is 82.5 cm³/mol. The summed E-state index contributed by atoms with van der Waals surface area (Å²) in [4.78, 5) is 0. The minimum absolute atomic E-state index is 0.0343. The van der Waals surface area contributed by atoms with Gasteiger partial charge in [-0.25, -0.2) is 4.39 Å². The lowest BCUT2D eigenvalue weighted by atomic mass is 9.75. The third-order valence-corrected chi connectivity index (χ3v) is 3.55. The van der Waals surface area contributed by atoms with Gasteiger partial charge in [-0.2, -0.15) is 0 Å². The van der Waals surface area contributed by atoms with Crippen molar-refractivity contribution in [2.24, 2.45) is 0 Å². The van der Waals surface area contributed by atoms with E-state index in [4.69, 9.17) is 0 Å². The average molecular weight is 264 g/mol. The molecule has 0 aliphatic heterocycles. The van der Waals surface area contributed by atoms with Crippen molar-refractivity contribution in [2.45, 2.75) is 78.6 Å². The SMILES string of the molecule is CC(C)(C)c1cc(C(C)(C)C)c(F)c(C(C)(C)C)c1.